The van der Waals surface area contributed by atoms with Crippen LogP contribution in [-0.4, -0.2) is 38.1 Å². The minimum absolute atomic E-state index is 0. The molecule has 0 aromatic heterocycles. The van der Waals surface area contributed by atoms with Crippen LogP contribution in [0.1, 0.15) is 25.8 Å². The van der Waals surface area contributed by atoms with Crippen molar-refractivity contribution in [3.8, 4) is 11.5 Å². The van der Waals surface area contributed by atoms with Crippen molar-refractivity contribution in [1.29, 1.82) is 0 Å². The second kappa shape index (κ2) is 9.54. The Bertz CT molecular complexity index is 480. The van der Waals surface area contributed by atoms with Gasteiger partial charge in [0.25, 0.3) is 0 Å². The SMILES string of the molecule is COc1ccc(CN(C)C(=O)[C@@H](N)CC(C)C)c(OC)c1.Cl. The molecule has 1 atom stereocenters. The monoisotopic (exact) mass is 330 g/mol. The lowest BCUT2D eigenvalue weighted by Gasteiger charge is -2.23. The van der Waals surface area contributed by atoms with Gasteiger partial charge in [0.2, 0.25) is 5.91 Å². The van der Waals surface area contributed by atoms with Gasteiger partial charge in [-0.15, -0.1) is 12.4 Å². The van der Waals surface area contributed by atoms with E-state index in [4.69, 9.17) is 15.2 Å². The molecule has 0 heterocycles. The molecule has 0 aliphatic heterocycles. The summed E-state index contributed by atoms with van der Waals surface area (Å²) in [6.07, 6.45) is 0.683. The maximum Gasteiger partial charge on any atom is 0.239 e. The highest BCUT2D eigenvalue weighted by atomic mass is 35.5. The van der Waals surface area contributed by atoms with E-state index in [9.17, 15) is 4.79 Å². The normalized spacial score (nSPS) is 11.6. The van der Waals surface area contributed by atoms with Crippen LogP contribution in [-0.2, 0) is 11.3 Å². The van der Waals surface area contributed by atoms with Crippen LogP contribution in [0.25, 0.3) is 0 Å². The number of hydrogen-bond donors (Lipinski definition) is 1. The minimum atomic E-state index is -0.459. The molecule has 0 saturated carbocycles. The topological polar surface area (TPSA) is 64.8 Å². The number of halogens is 1. The molecular weight excluding hydrogens is 304 g/mol. The number of carbonyl (C=O) groups is 1. The van der Waals surface area contributed by atoms with E-state index in [0.29, 0.717) is 24.6 Å². The average Bonchev–Trinajstić information content (AvgIpc) is 2.45. The molecule has 1 aromatic carbocycles. The highest BCUT2D eigenvalue weighted by Gasteiger charge is 2.20. The Morgan fingerprint density at radius 3 is 2.41 bits per heavy atom. The fourth-order valence-corrected chi connectivity index (χ4v) is 2.21. The van der Waals surface area contributed by atoms with Crippen LogP contribution >= 0.6 is 12.4 Å². The van der Waals surface area contributed by atoms with Crippen molar-refractivity contribution < 1.29 is 14.3 Å². The number of rotatable bonds is 7. The maximum absolute atomic E-state index is 12.2. The molecule has 6 heteroatoms. The van der Waals surface area contributed by atoms with Crippen LogP contribution < -0.4 is 15.2 Å². The Morgan fingerprint density at radius 1 is 1.27 bits per heavy atom. The van der Waals surface area contributed by atoms with Crippen LogP contribution in [0.15, 0.2) is 18.2 Å². The number of methoxy groups -OCH3 is 2. The van der Waals surface area contributed by atoms with Crippen molar-refractivity contribution >= 4 is 18.3 Å². The molecule has 0 aliphatic carbocycles. The summed E-state index contributed by atoms with van der Waals surface area (Å²) >= 11 is 0. The molecule has 5 nitrogen and oxygen atoms in total. The van der Waals surface area contributed by atoms with Crippen LogP contribution in [0.4, 0.5) is 0 Å². The summed E-state index contributed by atoms with van der Waals surface area (Å²) in [6, 6.07) is 5.10. The highest BCUT2D eigenvalue weighted by molar-refractivity contribution is 5.85. The number of benzene rings is 1. The zero-order chi connectivity index (χ0) is 16.0. The third-order valence-electron chi connectivity index (χ3n) is 3.32. The number of likely N-dealkylation sites (N-methyl/N-ethyl adjacent to an activating group) is 1. The van der Waals surface area contributed by atoms with Gasteiger partial charge < -0.3 is 20.1 Å². The van der Waals surface area contributed by atoms with E-state index in [0.717, 1.165) is 11.3 Å². The molecule has 0 bridgehead atoms. The van der Waals surface area contributed by atoms with Crippen molar-refractivity contribution in [3.63, 3.8) is 0 Å². The Morgan fingerprint density at radius 2 is 1.91 bits per heavy atom. The Hall–Kier alpha value is -1.46. The van der Waals surface area contributed by atoms with Crippen LogP contribution in [0.3, 0.4) is 0 Å². The maximum atomic E-state index is 12.2. The van der Waals surface area contributed by atoms with Gasteiger partial charge in [-0.1, -0.05) is 13.8 Å². The number of nitrogens with two attached hydrogens (primary N) is 1. The molecule has 2 N–H and O–H groups in total. The van der Waals surface area contributed by atoms with Gasteiger partial charge in [-0.25, -0.2) is 0 Å². The molecule has 0 aliphatic rings. The molecule has 0 spiro atoms. The predicted molar refractivity (Wildman–Crippen MR) is 90.7 cm³/mol. The summed E-state index contributed by atoms with van der Waals surface area (Å²) in [6.45, 7) is 4.57. The Labute approximate surface area is 139 Å². The van der Waals surface area contributed by atoms with E-state index in [1.807, 2.05) is 18.2 Å². The summed E-state index contributed by atoms with van der Waals surface area (Å²) in [7, 11) is 4.96. The van der Waals surface area contributed by atoms with E-state index in [1.54, 1.807) is 26.2 Å². The number of amides is 1. The van der Waals surface area contributed by atoms with Gasteiger partial charge in [0.05, 0.1) is 20.3 Å². The lowest BCUT2D eigenvalue weighted by atomic mass is 10.0. The number of ether oxygens (including phenoxy) is 2. The standard InChI is InChI=1S/C16H26N2O3.ClH/c1-11(2)8-14(17)16(19)18(3)10-12-6-7-13(20-4)9-15(12)21-5;/h6-7,9,11,14H,8,10,17H2,1-5H3;1H/t14-;/m0./s1. The summed E-state index contributed by atoms with van der Waals surface area (Å²) in [4.78, 5) is 13.9. The second-order valence-corrected chi connectivity index (χ2v) is 5.61. The van der Waals surface area contributed by atoms with E-state index >= 15 is 0 Å². The van der Waals surface area contributed by atoms with E-state index in [-0.39, 0.29) is 18.3 Å². The third-order valence-corrected chi connectivity index (χ3v) is 3.32. The van der Waals surface area contributed by atoms with Crippen molar-refractivity contribution in [2.24, 2.45) is 11.7 Å². The van der Waals surface area contributed by atoms with Gasteiger partial charge in [0, 0.05) is 25.2 Å². The summed E-state index contributed by atoms with van der Waals surface area (Å²) in [5.74, 6) is 1.77. The summed E-state index contributed by atoms with van der Waals surface area (Å²) < 4.78 is 10.5. The summed E-state index contributed by atoms with van der Waals surface area (Å²) in [5.41, 5.74) is 6.87. The fraction of sp³-hybridized carbons (Fsp3) is 0.562. The molecule has 1 rings (SSSR count). The third kappa shape index (κ3) is 5.73. The molecule has 1 aromatic rings. The Balaban J connectivity index is 0.00000441. The van der Waals surface area contributed by atoms with Gasteiger partial charge in [-0.05, 0) is 24.5 Å². The van der Waals surface area contributed by atoms with Gasteiger partial charge in [0.15, 0.2) is 0 Å². The van der Waals surface area contributed by atoms with Crippen molar-refractivity contribution in [2.45, 2.75) is 32.9 Å². The molecule has 22 heavy (non-hydrogen) atoms. The number of carbonyl (C=O) groups excluding carboxylic acids is 1. The van der Waals surface area contributed by atoms with E-state index < -0.39 is 6.04 Å². The quantitative estimate of drug-likeness (QED) is 0.834. The lowest BCUT2D eigenvalue weighted by molar-refractivity contribution is -0.132. The van der Waals surface area contributed by atoms with Crippen molar-refractivity contribution in [2.75, 3.05) is 21.3 Å². The summed E-state index contributed by atoms with van der Waals surface area (Å²) in [5, 5.41) is 0. The smallest absolute Gasteiger partial charge is 0.239 e. The number of hydrogen-bond acceptors (Lipinski definition) is 4. The number of nitrogens with zero attached hydrogens (tertiary/aromatic N) is 1. The predicted octanol–water partition coefficient (Wildman–Crippen LogP) is 2.46. The second-order valence-electron chi connectivity index (χ2n) is 5.61. The molecule has 1 amide bonds. The van der Waals surface area contributed by atoms with E-state index in [2.05, 4.69) is 13.8 Å². The molecule has 0 radical (unpaired) electrons. The van der Waals surface area contributed by atoms with Crippen molar-refractivity contribution in [1.82, 2.24) is 4.90 Å². The van der Waals surface area contributed by atoms with Gasteiger partial charge in [-0.3, -0.25) is 4.79 Å². The average molecular weight is 331 g/mol. The molecule has 0 unspecified atom stereocenters. The Kier molecular flexibility index (Phi) is 8.90. The van der Waals surface area contributed by atoms with Gasteiger partial charge >= 0.3 is 0 Å². The zero-order valence-corrected chi connectivity index (χ0v) is 14.8. The van der Waals surface area contributed by atoms with E-state index in [1.165, 1.54) is 0 Å². The van der Waals surface area contributed by atoms with Crippen molar-refractivity contribution in [3.05, 3.63) is 23.8 Å². The largest absolute Gasteiger partial charge is 0.497 e. The first-order chi connectivity index (χ1) is 9.88. The first kappa shape index (κ1) is 20.5. The molecule has 126 valence electrons. The minimum Gasteiger partial charge on any atom is -0.497 e. The first-order valence-corrected chi connectivity index (χ1v) is 7.10. The fourth-order valence-electron chi connectivity index (χ4n) is 2.21. The zero-order valence-electron chi connectivity index (χ0n) is 14.0. The highest BCUT2D eigenvalue weighted by Crippen LogP contribution is 2.25. The van der Waals surface area contributed by atoms with Crippen LogP contribution in [0.2, 0.25) is 0 Å². The lowest BCUT2D eigenvalue weighted by Crippen LogP contribution is -2.42. The van der Waals surface area contributed by atoms with Gasteiger partial charge in [0.1, 0.15) is 11.5 Å². The molecule has 0 fully saturated rings. The van der Waals surface area contributed by atoms with Crippen LogP contribution in [0.5, 0.6) is 11.5 Å². The van der Waals surface area contributed by atoms with Gasteiger partial charge in [-0.2, -0.15) is 0 Å². The van der Waals surface area contributed by atoms with Crippen LogP contribution in [0, 0.1) is 5.92 Å². The first-order valence-electron chi connectivity index (χ1n) is 7.10. The molecular formula is C16H27ClN2O3. The molecule has 0 saturated heterocycles.